The van der Waals surface area contributed by atoms with Crippen LogP contribution < -0.4 is 0 Å². The number of hydrogen-bond acceptors (Lipinski definition) is 3. The van der Waals surface area contributed by atoms with Gasteiger partial charge in [0.1, 0.15) is 6.04 Å². The van der Waals surface area contributed by atoms with Crippen molar-refractivity contribution in [3.63, 3.8) is 0 Å². The maximum atomic E-state index is 12.4. The molecular formula is C13H16ClN3OS. The average molecular weight is 298 g/mol. The molecule has 1 unspecified atom stereocenters. The van der Waals surface area contributed by atoms with Crippen LogP contribution in [0, 0.1) is 0 Å². The minimum Gasteiger partial charge on any atom is -0.336 e. The zero-order chi connectivity index (χ0) is 13.8. The SMILES string of the molecule is CCN(Cc1ccc(Cl)s1)C(=O)C(C)n1cccn1. The van der Waals surface area contributed by atoms with Crippen LogP contribution >= 0.6 is 22.9 Å². The van der Waals surface area contributed by atoms with E-state index in [1.165, 1.54) is 11.3 Å². The first-order valence-electron chi connectivity index (χ1n) is 6.14. The van der Waals surface area contributed by atoms with E-state index in [4.69, 9.17) is 11.6 Å². The first kappa shape index (κ1) is 14.1. The standard InChI is InChI=1S/C13H16ClN3OS/c1-3-16(9-11-5-6-12(14)19-11)13(18)10(2)17-8-4-7-15-17/h4-8,10H,3,9H2,1-2H3. The Kier molecular flexibility index (Phi) is 4.61. The molecule has 6 heteroatoms. The molecule has 2 rings (SSSR count). The molecule has 4 nitrogen and oxygen atoms in total. The third-order valence-electron chi connectivity index (χ3n) is 2.95. The largest absolute Gasteiger partial charge is 0.336 e. The Hall–Kier alpha value is -1.33. The summed E-state index contributed by atoms with van der Waals surface area (Å²) in [5.74, 6) is 0.0655. The monoisotopic (exact) mass is 297 g/mol. The molecule has 0 aliphatic heterocycles. The van der Waals surface area contributed by atoms with Crippen molar-refractivity contribution in [2.24, 2.45) is 0 Å². The van der Waals surface area contributed by atoms with Crippen molar-refractivity contribution in [3.05, 3.63) is 39.8 Å². The predicted molar refractivity (Wildman–Crippen MR) is 77.4 cm³/mol. The van der Waals surface area contributed by atoms with Crippen LogP contribution in [0.1, 0.15) is 24.8 Å². The van der Waals surface area contributed by atoms with Gasteiger partial charge in [-0.3, -0.25) is 9.48 Å². The third-order valence-corrected chi connectivity index (χ3v) is 4.16. The first-order valence-corrected chi connectivity index (χ1v) is 7.33. The Morgan fingerprint density at radius 3 is 2.89 bits per heavy atom. The number of thiophene rings is 1. The molecular weight excluding hydrogens is 282 g/mol. The highest BCUT2D eigenvalue weighted by Crippen LogP contribution is 2.23. The number of amides is 1. The quantitative estimate of drug-likeness (QED) is 0.850. The van der Waals surface area contributed by atoms with Crippen molar-refractivity contribution in [2.45, 2.75) is 26.4 Å². The third kappa shape index (κ3) is 3.36. The van der Waals surface area contributed by atoms with E-state index in [9.17, 15) is 4.79 Å². The van der Waals surface area contributed by atoms with E-state index < -0.39 is 0 Å². The molecule has 0 N–H and O–H groups in total. The van der Waals surface area contributed by atoms with Crippen LogP contribution in [-0.4, -0.2) is 27.1 Å². The molecule has 2 heterocycles. The number of carbonyl (C=O) groups excluding carboxylic acids is 1. The smallest absolute Gasteiger partial charge is 0.247 e. The number of likely N-dealkylation sites (N-methyl/N-ethyl adjacent to an activating group) is 1. The van der Waals surface area contributed by atoms with Crippen molar-refractivity contribution in [1.29, 1.82) is 0 Å². The minimum atomic E-state index is -0.287. The summed E-state index contributed by atoms with van der Waals surface area (Å²) in [6, 6.07) is 5.35. The second kappa shape index (κ2) is 6.21. The highest BCUT2D eigenvalue weighted by molar-refractivity contribution is 7.16. The summed E-state index contributed by atoms with van der Waals surface area (Å²) < 4.78 is 2.42. The number of halogens is 1. The molecule has 0 bridgehead atoms. The molecule has 2 aromatic rings. The summed E-state index contributed by atoms with van der Waals surface area (Å²) in [5, 5.41) is 4.12. The summed E-state index contributed by atoms with van der Waals surface area (Å²) in [5.41, 5.74) is 0. The molecule has 0 saturated heterocycles. The fraction of sp³-hybridized carbons (Fsp3) is 0.385. The first-order chi connectivity index (χ1) is 9.11. The lowest BCUT2D eigenvalue weighted by atomic mass is 10.2. The van der Waals surface area contributed by atoms with E-state index in [1.54, 1.807) is 17.1 Å². The molecule has 0 spiro atoms. The number of rotatable bonds is 5. The molecule has 0 saturated carbocycles. The maximum absolute atomic E-state index is 12.4. The van der Waals surface area contributed by atoms with Gasteiger partial charge in [-0.25, -0.2) is 0 Å². The van der Waals surface area contributed by atoms with Crippen LogP contribution in [0.15, 0.2) is 30.6 Å². The molecule has 102 valence electrons. The van der Waals surface area contributed by atoms with E-state index in [0.29, 0.717) is 13.1 Å². The van der Waals surface area contributed by atoms with E-state index in [0.717, 1.165) is 9.21 Å². The molecule has 0 radical (unpaired) electrons. The normalized spacial score (nSPS) is 12.4. The summed E-state index contributed by atoms with van der Waals surface area (Å²) in [6.07, 6.45) is 3.48. The Morgan fingerprint density at radius 1 is 1.58 bits per heavy atom. The Balaban J connectivity index is 2.06. The van der Waals surface area contributed by atoms with Crippen LogP contribution in [-0.2, 0) is 11.3 Å². The predicted octanol–water partition coefficient (Wildman–Crippen LogP) is 3.21. The van der Waals surface area contributed by atoms with Gasteiger partial charge < -0.3 is 4.90 Å². The van der Waals surface area contributed by atoms with Gasteiger partial charge in [0.05, 0.1) is 10.9 Å². The zero-order valence-corrected chi connectivity index (χ0v) is 12.5. The van der Waals surface area contributed by atoms with Gasteiger partial charge in [0, 0.05) is 23.8 Å². The van der Waals surface area contributed by atoms with E-state index in [2.05, 4.69) is 5.10 Å². The van der Waals surface area contributed by atoms with Crippen molar-refractivity contribution in [2.75, 3.05) is 6.54 Å². The lowest BCUT2D eigenvalue weighted by molar-refractivity contribution is -0.134. The van der Waals surface area contributed by atoms with Crippen molar-refractivity contribution in [3.8, 4) is 0 Å². The van der Waals surface area contributed by atoms with Gasteiger partial charge in [-0.1, -0.05) is 11.6 Å². The lowest BCUT2D eigenvalue weighted by Crippen LogP contribution is -2.35. The fourth-order valence-electron chi connectivity index (χ4n) is 1.86. The van der Waals surface area contributed by atoms with Gasteiger partial charge in [0.2, 0.25) is 5.91 Å². The Morgan fingerprint density at radius 2 is 2.37 bits per heavy atom. The Labute approximate surface area is 121 Å². The average Bonchev–Trinajstić information content (AvgIpc) is 3.05. The molecule has 0 aromatic carbocycles. The topological polar surface area (TPSA) is 38.1 Å². The lowest BCUT2D eigenvalue weighted by Gasteiger charge is -2.24. The molecule has 0 fully saturated rings. The van der Waals surface area contributed by atoms with Crippen LogP contribution in [0.2, 0.25) is 4.34 Å². The van der Waals surface area contributed by atoms with Gasteiger partial charge >= 0.3 is 0 Å². The van der Waals surface area contributed by atoms with E-state index in [1.807, 2.05) is 36.9 Å². The van der Waals surface area contributed by atoms with Gasteiger partial charge in [-0.2, -0.15) is 5.10 Å². The van der Waals surface area contributed by atoms with E-state index in [-0.39, 0.29) is 11.9 Å². The summed E-state index contributed by atoms with van der Waals surface area (Å²) in [4.78, 5) is 15.3. The maximum Gasteiger partial charge on any atom is 0.247 e. The summed E-state index contributed by atoms with van der Waals surface area (Å²) in [6.45, 7) is 5.10. The van der Waals surface area contributed by atoms with Gasteiger partial charge in [-0.15, -0.1) is 11.3 Å². The van der Waals surface area contributed by atoms with Gasteiger partial charge in [0.25, 0.3) is 0 Å². The van der Waals surface area contributed by atoms with Crippen LogP contribution in [0.25, 0.3) is 0 Å². The second-order valence-corrected chi connectivity index (χ2v) is 6.02. The summed E-state index contributed by atoms with van der Waals surface area (Å²) in [7, 11) is 0. The molecule has 19 heavy (non-hydrogen) atoms. The van der Waals surface area contributed by atoms with Crippen LogP contribution in [0.4, 0.5) is 0 Å². The highest BCUT2D eigenvalue weighted by atomic mass is 35.5. The molecule has 1 atom stereocenters. The minimum absolute atomic E-state index is 0.0655. The Bertz CT molecular complexity index is 538. The molecule has 2 aromatic heterocycles. The molecule has 0 aliphatic carbocycles. The van der Waals surface area contributed by atoms with Gasteiger partial charge in [0.15, 0.2) is 0 Å². The number of nitrogens with zero attached hydrogens (tertiary/aromatic N) is 3. The highest BCUT2D eigenvalue weighted by Gasteiger charge is 2.21. The second-order valence-electron chi connectivity index (χ2n) is 4.22. The molecule has 0 aliphatic rings. The number of aromatic nitrogens is 2. The van der Waals surface area contributed by atoms with Gasteiger partial charge in [-0.05, 0) is 32.0 Å². The zero-order valence-electron chi connectivity index (χ0n) is 10.9. The summed E-state index contributed by atoms with van der Waals surface area (Å²) >= 11 is 7.42. The fourth-order valence-corrected chi connectivity index (χ4v) is 2.96. The molecule has 1 amide bonds. The van der Waals surface area contributed by atoms with Crippen molar-refractivity contribution >= 4 is 28.8 Å². The number of hydrogen-bond donors (Lipinski definition) is 0. The van der Waals surface area contributed by atoms with Crippen LogP contribution in [0.3, 0.4) is 0 Å². The van der Waals surface area contributed by atoms with E-state index >= 15 is 0 Å². The van der Waals surface area contributed by atoms with Crippen molar-refractivity contribution < 1.29 is 4.79 Å². The number of carbonyl (C=O) groups is 1. The van der Waals surface area contributed by atoms with Crippen molar-refractivity contribution in [1.82, 2.24) is 14.7 Å². The van der Waals surface area contributed by atoms with Crippen LogP contribution in [0.5, 0.6) is 0 Å².